The van der Waals surface area contributed by atoms with Gasteiger partial charge >= 0.3 is 0 Å². The highest BCUT2D eigenvalue weighted by atomic mass is 32.2. The second-order valence-corrected chi connectivity index (χ2v) is 7.38. The van der Waals surface area contributed by atoms with Crippen molar-refractivity contribution < 1.29 is 8.42 Å². The zero-order valence-electron chi connectivity index (χ0n) is 11.1. The molecule has 1 rings (SSSR count). The number of nitrogens with two attached hydrogens (primary N) is 1. The van der Waals surface area contributed by atoms with Crippen LogP contribution in [-0.2, 0) is 9.84 Å². The minimum Gasteiger partial charge on any atom is -0.327 e. The number of hydrogen-bond donors (Lipinski definition) is 1. The monoisotopic (exact) mass is 262 g/mol. The Morgan fingerprint density at radius 2 is 2.00 bits per heavy atom. The van der Waals surface area contributed by atoms with E-state index in [-0.39, 0.29) is 0 Å². The van der Waals surface area contributed by atoms with E-state index >= 15 is 0 Å². The van der Waals surface area contributed by atoms with Crippen molar-refractivity contribution in [1.29, 1.82) is 0 Å². The Bertz CT molecular complexity index is 316. The van der Waals surface area contributed by atoms with Crippen molar-refractivity contribution in [3.8, 4) is 0 Å². The molecule has 2 unspecified atom stereocenters. The number of likely N-dealkylation sites (tertiary alicyclic amines) is 1. The molecule has 0 aliphatic carbocycles. The molecule has 2 atom stereocenters. The molecule has 1 fully saturated rings. The molecule has 0 aromatic carbocycles. The van der Waals surface area contributed by atoms with E-state index in [0.717, 1.165) is 25.9 Å². The SMILES string of the molecule is CCCS(=O)(=O)CCN1CCC(N)C(CC)C1. The van der Waals surface area contributed by atoms with Gasteiger partial charge in [-0.2, -0.15) is 0 Å². The van der Waals surface area contributed by atoms with Crippen LogP contribution in [0.4, 0.5) is 0 Å². The molecule has 5 heteroatoms. The van der Waals surface area contributed by atoms with Gasteiger partial charge in [0, 0.05) is 24.9 Å². The summed E-state index contributed by atoms with van der Waals surface area (Å²) in [5.74, 6) is 1.14. The maximum atomic E-state index is 11.6. The van der Waals surface area contributed by atoms with Gasteiger partial charge in [-0.25, -0.2) is 8.42 Å². The highest BCUT2D eigenvalue weighted by Gasteiger charge is 2.25. The Morgan fingerprint density at radius 3 is 2.59 bits per heavy atom. The van der Waals surface area contributed by atoms with E-state index < -0.39 is 9.84 Å². The first-order chi connectivity index (χ1) is 7.98. The quantitative estimate of drug-likeness (QED) is 0.771. The van der Waals surface area contributed by atoms with Gasteiger partial charge in [0.15, 0.2) is 9.84 Å². The van der Waals surface area contributed by atoms with Crippen LogP contribution >= 0.6 is 0 Å². The van der Waals surface area contributed by atoms with Crippen LogP contribution in [0.5, 0.6) is 0 Å². The van der Waals surface area contributed by atoms with Crippen LogP contribution in [0.1, 0.15) is 33.1 Å². The van der Waals surface area contributed by atoms with Crippen LogP contribution in [0.25, 0.3) is 0 Å². The Kier molecular flexibility index (Phi) is 5.89. The molecule has 0 aromatic rings. The largest absolute Gasteiger partial charge is 0.327 e. The molecule has 17 heavy (non-hydrogen) atoms. The summed E-state index contributed by atoms with van der Waals surface area (Å²) < 4.78 is 23.3. The van der Waals surface area contributed by atoms with E-state index in [4.69, 9.17) is 5.73 Å². The summed E-state index contributed by atoms with van der Waals surface area (Å²) in [4.78, 5) is 2.25. The lowest BCUT2D eigenvalue weighted by Gasteiger charge is -2.36. The highest BCUT2D eigenvalue weighted by molar-refractivity contribution is 7.91. The summed E-state index contributed by atoms with van der Waals surface area (Å²) in [5, 5.41) is 0. The van der Waals surface area contributed by atoms with Gasteiger partial charge in [0.1, 0.15) is 0 Å². The molecular formula is C12H26N2O2S. The van der Waals surface area contributed by atoms with Crippen molar-refractivity contribution in [2.45, 2.75) is 39.2 Å². The van der Waals surface area contributed by atoms with Crippen LogP contribution in [0.2, 0.25) is 0 Å². The van der Waals surface area contributed by atoms with E-state index in [9.17, 15) is 8.42 Å². The molecule has 4 nitrogen and oxygen atoms in total. The van der Waals surface area contributed by atoms with Crippen molar-refractivity contribution in [2.75, 3.05) is 31.1 Å². The fraction of sp³-hybridized carbons (Fsp3) is 1.00. The van der Waals surface area contributed by atoms with Crippen LogP contribution in [0.3, 0.4) is 0 Å². The van der Waals surface area contributed by atoms with E-state index in [1.165, 1.54) is 0 Å². The summed E-state index contributed by atoms with van der Waals surface area (Å²) in [6.07, 6.45) is 2.79. The normalized spacial score (nSPS) is 27.2. The van der Waals surface area contributed by atoms with Crippen LogP contribution in [0.15, 0.2) is 0 Å². The standard InChI is InChI=1S/C12H26N2O2S/c1-3-8-17(15,16)9-7-14-6-5-12(13)11(4-2)10-14/h11-12H,3-10,13H2,1-2H3. The molecule has 0 aromatic heterocycles. The molecule has 2 N–H and O–H groups in total. The lowest BCUT2D eigenvalue weighted by Crippen LogP contribution is -2.48. The van der Waals surface area contributed by atoms with E-state index in [1.54, 1.807) is 0 Å². The van der Waals surface area contributed by atoms with Gasteiger partial charge in [-0.15, -0.1) is 0 Å². The van der Waals surface area contributed by atoms with Gasteiger partial charge in [-0.3, -0.25) is 0 Å². The summed E-state index contributed by atoms with van der Waals surface area (Å²) >= 11 is 0. The van der Waals surface area contributed by atoms with E-state index in [2.05, 4.69) is 11.8 Å². The first-order valence-electron chi connectivity index (χ1n) is 6.66. The third-order valence-corrected chi connectivity index (χ3v) is 5.47. The molecule has 1 saturated heterocycles. The highest BCUT2D eigenvalue weighted by Crippen LogP contribution is 2.18. The maximum Gasteiger partial charge on any atom is 0.151 e. The van der Waals surface area contributed by atoms with Crippen molar-refractivity contribution >= 4 is 9.84 Å². The molecule has 0 amide bonds. The Morgan fingerprint density at radius 1 is 1.29 bits per heavy atom. The van der Waals surface area contributed by atoms with Crippen molar-refractivity contribution in [3.05, 3.63) is 0 Å². The van der Waals surface area contributed by atoms with Crippen molar-refractivity contribution in [2.24, 2.45) is 11.7 Å². The van der Waals surface area contributed by atoms with Gasteiger partial charge in [0.2, 0.25) is 0 Å². The van der Waals surface area contributed by atoms with Crippen molar-refractivity contribution in [1.82, 2.24) is 4.90 Å². The second-order valence-electron chi connectivity index (χ2n) is 5.07. The average molecular weight is 262 g/mol. The molecule has 0 radical (unpaired) electrons. The van der Waals surface area contributed by atoms with Crippen LogP contribution in [0, 0.1) is 5.92 Å². The lowest BCUT2D eigenvalue weighted by atomic mass is 9.91. The topological polar surface area (TPSA) is 63.4 Å². The smallest absolute Gasteiger partial charge is 0.151 e. The minimum absolute atomic E-state index is 0.295. The molecule has 102 valence electrons. The number of piperidine rings is 1. The number of sulfone groups is 1. The van der Waals surface area contributed by atoms with Crippen LogP contribution < -0.4 is 5.73 Å². The van der Waals surface area contributed by atoms with E-state index in [0.29, 0.717) is 36.4 Å². The minimum atomic E-state index is -2.84. The molecular weight excluding hydrogens is 236 g/mol. The van der Waals surface area contributed by atoms with Gasteiger partial charge < -0.3 is 10.6 Å². The molecule has 0 saturated carbocycles. The molecule has 0 bridgehead atoms. The second kappa shape index (κ2) is 6.71. The Balaban J connectivity index is 2.38. The summed E-state index contributed by atoms with van der Waals surface area (Å²) in [6, 6.07) is 0.295. The third kappa shape index (κ3) is 4.94. The number of nitrogens with zero attached hydrogens (tertiary/aromatic N) is 1. The van der Waals surface area contributed by atoms with Gasteiger partial charge in [-0.1, -0.05) is 20.3 Å². The molecule has 1 heterocycles. The fourth-order valence-corrected chi connectivity index (χ4v) is 3.80. The maximum absolute atomic E-state index is 11.6. The fourth-order valence-electron chi connectivity index (χ4n) is 2.44. The predicted molar refractivity (Wildman–Crippen MR) is 71.8 cm³/mol. The molecule has 0 spiro atoms. The van der Waals surface area contributed by atoms with Gasteiger partial charge in [-0.05, 0) is 25.3 Å². The summed E-state index contributed by atoms with van der Waals surface area (Å²) in [7, 11) is -2.84. The first-order valence-corrected chi connectivity index (χ1v) is 8.49. The zero-order valence-corrected chi connectivity index (χ0v) is 11.9. The van der Waals surface area contributed by atoms with Gasteiger partial charge in [0.05, 0.1) is 5.75 Å². The molecule has 1 aliphatic heterocycles. The Labute approximate surface area is 105 Å². The van der Waals surface area contributed by atoms with Crippen molar-refractivity contribution in [3.63, 3.8) is 0 Å². The zero-order chi connectivity index (χ0) is 12.9. The van der Waals surface area contributed by atoms with Gasteiger partial charge in [0.25, 0.3) is 0 Å². The summed E-state index contributed by atoms with van der Waals surface area (Å²) in [5.41, 5.74) is 6.04. The van der Waals surface area contributed by atoms with E-state index in [1.807, 2.05) is 6.92 Å². The summed E-state index contributed by atoms with van der Waals surface area (Å²) in [6.45, 7) is 6.64. The lowest BCUT2D eigenvalue weighted by molar-refractivity contribution is 0.159. The van der Waals surface area contributed by atoms with Crippen LogP contribution in [-0.4, -0.2) is 50.5 Å². The average Bonchev–Trinajstić information content (AvgIpc) is 2.28. The predicted octanol–water partition coefficient (Wildman–Crippen LogP) is 0.870. The number of rotatable bonds is 6. The first kappa shape index (κ1) is 14.9. The number of hydrogen-bond acceptors (Lipinski definition) is 4. The molecule has 1 aliphatic rings. The third-order valence-electron chi connectivity index (χ3n) is 3.63. The Hall–Kier alpha value is -0.130.